The molecule has 0 radical (unpaired) electrons. The van der Waals surface area contributed by atoms with Crippen molar-refractivity contribution in [3.8, 4) is 0 Å². The molecule has 3 heteroatoms. The highest BCUT2D eigenvalue weighted by Gasteiger charge is 2.04. The molecule has 0 aliphatic carbocycles. The fourth-order valence-corrected chi connectivity index (χ4v) is 1.10. The van der Waals surface area contributed by atoms with Gasteiger partial charge in [0.25, 0.3) is 0 Å². The van der Waals surface area contributed by atoms with Crippen molar-refractivity contribution in [1.82, 2.24) is 9.55 Å². The maximum absolute atomic E-state index is 5.69. The van der Waals surface area contributed by atoms with Gasteiger partial charge in [0.15, 0.2) is 0 Å². The molecule has 0 N–H and O–H groups in total. The van der Waals surface area contributed by atoms with Crippen LogP contribution in [0.15, 0.2) is 12.5 Å². The summed E-state index contributed by atoms with van der Waals surface area (Å²) in [6.07, 6.45) is 4.72. The van der Waals surface area contributed by atoms with Crippen LogP contribution in [-0.2, 0) is 13.5 Å². The van der Waals surface area contributed by atoms with Crippen LogP contribution in [0, 0.1) is 5.92 Å². The lowest BCUT2D eigenvalue weighted by Crippen LogP contribution is -2.04. The Morgan fingerprint density at radius 3 is 2.91 bits per heavy atom. The third-order valence-corrected chi connectivity index (χ3v) is 2.26. The Morgan fingerprint density at radius 1 is 1.73 bits per heavy atom. The lowest BCUT2D eigenvalue weighted by Gasteiger charge is -2.06. The van der Waals surface area contributed by atoms with Crippen LogP contribution < -0.4 is 0 Å². The SMILES string of the molecule is CC(CCl)Cc1cncn1C. The van der Waals surface area contributed by atoms with E-state index in [0.717, 1.165) is 6.42 Å². The lowest BCUT2D eigenvalue weighted by atomic mass is 10.1. The fourth-order valence-electron chi connectivity index (χ4n) is 0.993. The Kier molecular flexibility index (Phi) is 2.94. The third-order valence-electron chi connectivity index (χ3n) is 1.74. The maximum atomic E-state index is 5.69. The van der Waals surface area contributed by atoms with Crippen molar-refractivity contribution in [2.75, 3.05) is 5.88 Å². The molecule has 0 bridgehead atoms. The van der Waals surface area contributed by atoms with E-state index in [2.05, 4.69) is 11.9 Å². The van der Waals surface area contributed by atoms with Crippen molar-refractivity contribution >= 4 is 11.6 Å². The molecular formula is C8H13ClN2. The molecule has 1 aromatic rings. The minimum absolute atomic E-state index is 0.534. The number of nitrogens with zero attached hydrogens (tertiary/aromatic N) is 2. The first-order chi connectivity index (χ1) is 5.24. The number of aryl methyl sites for hydroxylation is 1. The average Bonchev–Trinajstić information content (AvgIpc) is 2.37. The molecule has 1 atom stereocenters. The first-order valence-electron chi connectivity index (χ1n) is 3.75. The molecule has 0 saturated carbocycles. The Bertz CT molecular complexity index is 220. The molecular weight excluding hydrogens is 160 g/mol. The Balaban J connectivity index is 2.56. The minimum atomic E-state index is 0.534. The van der Waals surface area contributed by atoms with E-state index in [9.17, 15) is 0 Å². The van der Waals surface area contributed by atoms with Crippen LogP contribution in [0.3, 0.4) is 0 Å². The van der Waals surface area contributed by atoms with Crippen molar-refractivity contribution in [3.05, 3.63) is 18.2 Å². The summed E-state index contributed by atoms with van der Waals surface area (Å²) in [6, 6.07) is 0. The molecule has 0 amide bonds. The molecule has 1 rings (SSSR count). The molecule has 11 heavy (non-hydrogen) atoms. The molecule has 0 fully saturated rings. The molecule has 62 valence electrons. The van der Waals surface area contributed by atoms with E-state index in [1.807, 2.05) is 24.1 Å². The summed E-state index contributed by atoms with van der Waals surface area (Å²) in [6.45, 7) is 2.14. The quantitative estimate of drug-likeness (QED) is 0.637. The van der Waals surface area contributed by atoms with Gasteiger partial charge in [-0.3, -0.25) is 0 Å². The van der Waals surface area contributed by atoms with E-state index in [4.69, 9.17) is 11.6 Å². The highest BCUT2D eigenvalue weighted by atomic mass is 35.5. The summed E-state index contributed by atoms with van der Waals surface area (Å²) in [5, 5.41) is 0. The molecule has 1 aromatic heterocycles. The molecule has 1 heterocycles. The van der Waals surface area contributed by atoms with Gasteiger partial charge in [0, 0.05) is 24.8 Å². The maximum Gasteiger partial charge on any atom is 0.0945 e. The number of halogens is 1. The Hall–Kier alpha value is -0.500. The standard InChI is InChI=1S/C8H13ClN2/c1-7(4-9)3-8-5-10-6-11(8)2/h5-7H,3-4H2,1-2H3. The number of hydrogen-bond donors (Lipinski definition) is 0. The zero-order valence-electron chi connectivity index (χ0n) is 6.92. The number of alkyl halides is 1. The first kappa shape index (κ1) is 8.60. The van der Waals surface area contributed by atoms with Crippen molar-refractivity contribution in [1.29, 1.82) is 0 Å². The van der Waals surface area contributed by atoms with Crippen LogP contribution in [-0.4, -0.2) is 15.4 Å². The van der Waals surface area contributed by atoms with Crippen LogP contribution in [0.4, 0.5) is 0 Å². The van der Waals surface area contributed by atoms with Gasteiger partial charge >= 0.3 is 0 Å². The predicted octanol–water partition coefficient (Wildman–Crippen LogP) is 1.84. The smallest absolute Gasteiger partial charge is 0.0945 e. The number of aromatic nitrogens is 2. The monoisotopic (exact) mass is 172 g/mol. The zero-order chi connectivity index (χ0) is 8.27. The largest absolute Gasteiger partial charge is 0.338 e. The normalized spacial score (nSPS) is 13.4. The zero-order valence-corrected chi connectivity index (χ0v) is 7.67. The minimum Gasteiger partial charge on any atom is -0.338 e. The third kappa shape index (κ3) is 2.22. The van der Waals surface area contributed by atoms with E-state index in [0.29, 0.717) is 11.8 Å². The Labute approximate surface area is 72.2 Å². The molecule has 1 unspecified atom stereocenters. The fraction of sp³-hybridized carbons (Fsp3) is 0.625. The number of hydrogen-bond acceptors (Lipinski definition) is 1. The molecule has 0 aliphatic heterocycles. The molecule has 0 saturated heterocycles. The number of rotatable bonds is 3. The Morgan fingerprint density at radius 2 is 2.45 bits per heavy atom. The molecule has 0 spiro atoms. The van der Waals surface area contributed by atoms with Crippen LogP contribution in [0.2, 0.25) is 0 Å². The van der Waals surface area contributed by atoms with Crippen LogP contribution in [0.5, 0.6) is 0 Å². The van der Waals surface area contributed by atoms with Crippen LogP contribution in [0.1, 0.15) is 12.6 Å². The van der Waals surface area contributed by atoms with Gasteiger partial charge < -0.3 is 4.57 Å². The van der Waals surface area contributed by atoms with Gasteiger partial charge in [0.1, 0.15) is 0 Å². The average molecular weight is 173 g/mol. The second-order valence-electron chi connectivity index (χ2n) is 2.96. The molecule has 0 aliphatic rings. The molecule has 2 nitrogen and oxygen atoms in total. The van der Waals surface area contributed by atoms with E-state index < -0.39 is 0 Å². The van der Waals surface area contributed by atoms with Crippen molar-refractivity contribution < 1.29 is 0 Å². The number of imidazole rings is 1. The van der Waals surface area contributed by atoms with Gasteiger partial charge in [0.2, 0.25) is 0 Å². The predicted molar refractivity (Wildman–Crippen MR) is 46.8 cm³/mol. The first-order valence-corrected chi connectivity index (χ1v) is 4.28. The van der Waals surface area contributed by atoms with E-state index in [1.54, 1.807) is 0 Å². The molecule has 0 aromatic carbocycles. The van der Waals surface area contributed by atoms with E-state index in [1.165, 1.54) is 5.69 Å². The second-order valence-corrected chi connectivity index (χ2v) is 3.27. The van der Waals surface area contributed by atoms with Gasteiger partial charge in [-0.05, 0) is 12.3 Å². The summed E-state index contributed by atoms with van der Waals surface area (Å²) < 4.78 is 2.03. The van der Waals surface area contributed by atoms with Crippen LogP contribution in [0.25, 0.3) is 0 Å². The highest BCUT2D eigenvalue weighted by Crippen LogP contribution is 2.07. The van der Waals surface area contributed by atoms with Crippen molar-refractivity contribution in [2.45, 2.75) is 13.3 Å². The topological polar surface area (TPSA) is 17.8 Å². The van der Waals surface area contributed by atoms with Gasteiger partial charge in [-0.1, -0.05) is 6.92 Å². The summed E-state index contributed by atoms with van der Waals surface area (Å²) in [4.78, 5) is 4.03. The summed E-state index contributed by atoms with van der Waals surface area (Å²) >= 11 is 5.69. The van der Waals surface area contributed by atoms with E-state index in [-0.39, 0.29) is 0 Å². The summed E-state index contributed by atoms with van der Waals surface area (Å²) in [7, 11) is 2.00. The van der Waals surface area contributed by atoms with Gasteiger partial charge in [-0.2, -0.15) is 0 Å². The summed E-state index contributed by atoms with van der Waals surface area (Å²) in [5.74, 6) is 1.25. The van der Waals surface area contributed by atoms with Crippen LogP contribution >= 0.6 is 11.6 Å². The van der Waals surface area contributed by atoms with E-state index >= 15 is 0 Å². The highest BCUT2D eigenvalue weighted by molar-refractivity contribution is 6.18. The van der Waals surface area contributed by atoms with Gasteiger partial charge in [-0.25, -0.2) is 4.98 Å². The summed E-state index contributed by atoms with van der Waals surface area (Å²) in [5.41, 5.74) is 1.25. The van der Waals surface area contributed by atoms with Gasteiger partial charge in [0.05, 0.1) is 6.33 Å². The van der Waals surface area contributed by atoms with Crippen molar-refractivity contribution in [2.24, 2.45) is 13.0 Å². The lowest BCUT2D eigenvalue weighted by molar-refractivity contribution is 0.622. The van der Waals surface area contributed by atoms with Crippen molar-refractivity contribution in [3.63, 3.8) is 0 Å². The van der Waals surface area contributed by atoms with Gasteiger partial charge in [-0.15, -0.1) is 11.6 Å². The second kappa shape index (κ2) is 3.77.